The second kappa shape index (κ2) is 3.76. The highest BCUT2D eigenvalue weighted by Crippen LogP contribution is 2.30. The second-order valence-corrected chi connectivity index (χ2v) is 5.00. The molecule has 1 fully saturated rings. The number of hydrogen-bond acceptors (Lipinski definition) is 3. The molecule has 1 atom stereocenters. The quantitative estimate of drug-likeness (QED) is 0.786. The van der Waals surface area contributed by atoms with Crippen molar-refractivity contribution in [2.24, 2.45) is 0 Å². The minimum atomic E-state index is 0.570. The lowest BCUT2D eigenvalue weighted by Gasteiger charge is -2.05. The van der Waals surface area contributed by atoms with Gasteiger partial charge in [-0.15, -0.1) is 11.3 Å². The molecule has 2 rings (SSSR count). The monoisotopic (exact) mass is 196 g/mol. The van der Waals surface area contributed by atoms with Gasteiger partial charge >= 0.3 is 0 Å². The fraction of sp³-hybridized carbons (Fsp3) is 0.700. The summed E-state index contributed by atoms with van der Waals surface area (Å²) in [6.07, 6.45) is 4.63. The van der Waals surface area contributed by atoms with E-state index < -0.39 is 0 Å². The molecule has 72 valence electrons. The van der Waals surface area contributed by atoms with Crippen molar-refractivity contribution in [1.82, 2.24) is 10.3 Å². The Kier molecular flexibility index (Phi) is 2.65. The molecule has 1 unspecified atom stereocenters. The van der Waals surface area contributed by atoms with Crippen LogP contribution in [0.4, 0.5) is 0 Å². The summed E-state index contributed by atoms with van der Waals surface area (Å²) in [7, 11) is 0. The van der Waals surface area contributed by atoms with E-state index in [-0.39, 0.29) is 0 Å². The number of nitrogens with one attached hydrogen (secondary N) is 1. The first-order valence-electron chi connectivity index (χ1n) is 4.96. The normalized spacial score (nSPS) is 22.8. The van der Waals surface area contributed by atoms with Gasteiger partial charge in [0, 0.05) is 23.0 Å². The maximum absolute atomic E-state index is 4.44. The van der Waals surface area contributed by atoms with Gasteiger partial charge in [-0.3, -0.25) is 0 Å². The summed E-state index contributed by atoms with van der Waals surface area (Å²) in [6, 6.07) is 0.588. The summed E-state index contributed by atoms with van der Waals surface area (Å²) >= 11 is 1.86. The van der Waals surface area contributed by atoms with Crippen LogP contribution in [0.1, 0.15) is 48.5 Å². The lowest BCUT2D eigenvalue weighted by Crippen LogP contribution is -2.11. The number of thiazole rings is 1. The van der Waals surface area contributed by atoms with E-state index in [4.69, 9.17) is 0 Å². The fourth-order valence-corrected chi connectivity index (χ4v) is 2.69. The third-order valence-corrected chi connectivity index (χ3v) is 3.85. The molecule has 1 aromatic rings. The average Bonchev–Trinajstić information content (AvgIpc) is 2.75. The van der Waals surface area contributed by atoms with Gasteiger partial charge in [-0.2, -0.15) is 0 Å². The van der Waals surface area contributed by atoms with E-state index in [0.717, 1.165) is 0 Å². The lowest BCUT2D eigenvalue weighted by molar-refractivity contribution is 0.658. The Morgan fingerprint density at radius 2 is 2.46 bits per heavy atom. The van der Waals surface area contributed by atoms with Gasteiger partial charge in [0.2, 0.25) is 0 Å². The zero-order valence-electron chi connectivity index (χ0n) is 8.21. The molecule has 0 aliphatic carbocycles. The van der Waals surface area contributed by atoms with Gasteiger partial charge in [0.15, 0.2) is 0 Å². The van der Waals surface area contributed by atoms with Gasteiger partial charge in [0.25, 0.3) is 0 Å². The summed E-state index contributed by atoms with van der Waals surface area (Å²) < 4.78 is 0. The SMILES string of the molecule is CC(C)c1ncc(C2CCCN2)s1. The summed E-state index contributed by atoms with van der Waals surface area (Å²) in [5, 5.41) is 4.76. The van der Waals surface area contributed by atoms with Crippen LogP contribution < -0.4 is 5.32 Å². The van der Waals surface area contributed by atoms with Gasteiger partial charge in [-0.05, 0) is 19.4 Å². The number of nitrogens with zero attached hydrogens (tertiary/aromatic N) is 1. The Morgan fingerprint density at radius 3 is 3.00 bits per heavy atom. The Morgan fingerprint density at radius 1 is 1.62 bits per heavy atom. The number of aromatic nitrogens is 1. The summed E-state index contributed by atoms with van der Waals surface area (Å²) in [5.41, 5.74) is 0. The van der Waals surface area contributed by atoms with Crippen LogP contribution in [0.5, 0.6) is 0 Å². The molecule has 13 heavy (non-hydrogen) atoms. The van der Waals surface area contributed by atoms with E-state index in [9.17, 15) is 0 Å². The van der Waals surface area contributed by atoms with Crippen molar-refractivity contribution in [3.8, 4) is 0 Å². The standard InChI is InChI=1S/C10H16N2S/c1-7(2)10-12-6-9(13-10)8-4-3-5-11-8/h6-8,11H,3-5H2,1-2H3. The molecule has 2 nitrogen and oxygen atoms in total. The predicted molar refractivity (Wildman–Crippen MR) is 56.2 cm³/mol. The Labute approximate surface area is 83.4 Å². The maximum atomic E-state index is 4.44. The first-order valence-corrected chi connectivity index (χ1v) is 5.78. The van der Waals surface area contributed by atoms with Gasteiger partial charge in [0.1, 0.15) is 0 Å². The van der Waals surface area contributed by atoms with Crippen molar-refractivity contribution < 1.29 is 0 Å². The first kappa shape index (κ1) is 9.16. The molecule has 0 bridgehead atoms. The van der Waals surface area contributed by atoms with E-state index in [2.05, 4.69) is 24.1 Å². The van der Waals surface area contributed by atoms with Gasteiger partial charge in [0.05, 0.1) is 5.01 Å². The average molecular weight is 196 g/mol. The summed E-state index contributed by atoms with van der Waals surface area (Å²) in [6.45, 7) is 5.56. The van der Waals surface area contributed by atoms with Crippen molar-refractivity contribution in [2.75, 3.05) is 6.54 Å². The van der Waals surface area contributed by atoms with E-state index in [0.29, 0.717) is 12.0 Å². The molecular formula is C10H16N2S. The highest BCUT2D eigenvalue weighted by Gasteiger charge is 2.18. The van der Waals surface area contributed by atoms with Crippen LogP contribution in [0.3, 0.4) is 0 Å². The third kappa shape index (κ3) is 1.92. The molecule has 1 aromatic heterocycles. The fourth-order valence-electron chi connectivity index (χ4n) is 1.66. The number of rotatable bonds is 2. The van der Waals surface area contributed by atoms with Gasteiger partial charge in [-0.1, -0.05) is 13.8 Å². The highest BCUT2D eigenvalue weighted by atomic mass is 32.1. The molecule has 0 amide bonds. The van der Waals surface area contributed by atoms with Crippen LogP contribution in [-0.2, 0) is 0 Å². The van der Waals surface area contributed by atoms with E-state index in [1.807, 2.05) is 17.5 Å². The van der Waals surface area contributed by atoms with Crippen LogP contribution in [-0.4, -0.2) is 11.5 Å². The Bertz CT molecular complexity index is 274. The smallest absolute Gasteiger partial charge is 0.0953 e. The van der Waals surface area contributed by atoms with Crippen LogP contribution in [0.15, 0.2) is 6.20 Å². The Balaban J connectivity index is 2.12. The lowest BCUT2D eigenvalue weighted by atomic mass is 10.2. The van der Waals surface area contributed by atoms with E-state index >= 15 is 0 Å². The minimum Gasteiger partial charge on any atom is -0.309 e. The Hall–Kier alpha value is -0.410. The largest absolute Gasteiger partial charge is 0.309 e. The molecule has 1 aliphatic rings. The van der Waals surface area contributed by atoms with Crippen molar-refractivity contribution in [3.05, 3.63) is 16.1 Å². The van der Waals surface area contributed by atoms with Crippen molar-refractivity contribution in [2.45, 2.75) is 38.6 Å². The van der Waals surface area contributed by atoms with Crippen molar-refractivity contribution >= 4 is 11.3 Å². The number of hydrogen-bond donors (Lipinski definition) is 1. The van der Waals surface area contributed by atoms with E-state index in [1.54, 1.807) is 0 Å². The molecule has 0 aromatic carbocycles. The molecule has 1 aliphatic heterocycles. The van der Waals surface area contributed by atoms with Crippen LogP contribution in [0, 0.1) is 0 Å². The molecule has 0 radical (unpaired) electrons. The molecule has 0 spiro atoms. The summed E-state index contributed by atoms with van der Waals surface area (Å²) in [4.78, 5) is 5.86. The first-order chi connectivity index (χ1) is 6.27. The molecule has 1 saturated heterocycles. The zero-order chi connectivity index (χ0) is 9.26. The molecular weight excluding hydrogens is 180 g/mol. The molecule has 0 saturated carbocycles. The maximum Gasteiger partial charge on any atom is 0.0953 e. The molecule has 1 N–H and O–H groups in total. The van der Waals surface area contributed by atoms with Crippen LogP contribution >= 0.6 is 11.3 Å². The third-order valence-electron chi connectivity index (χ3n) is 2.44. The van der Waals surface area contributed by atoms with Crippen LogP contribution in [0.25, 0.3) is 0 Å². The van der Waals surface area contributed by atoms with Crippen LogP contribution in [0.2, 0.25) is 0 Å². The summed E-state index contributed by atoms with van der Waals surface area (Å²) in [5.74, 6) is 0.570. The molecule has 2 heterocycles. The topological polar surface area (TPSA) is 24.9 Å². The van der Waals surface area contributed by atoms with Gasteiger partial charge < -0.3 is 5.32 Å². The van der Waals surface area contributed by atoms with Gasteiger partial charge in [-0.25, -0.2) is 4.98 Å². The van der Waals surface area contributed by atoms with Crippen molar-refractivity contribution in [1.29, 1.82) is 0 Å². The van der Waals surface area contributed by atoms with E-state index in [1.165, 1.54) is 29.3 Å². The minimum absolute atomic E-state index is 0.570. The van der Waals surface area contributed by atoms with Crippen molar-refractivity contribution in [3.63, 3.8) is 0 Å². The zero-order valence-corrected chi connectivity index (χ0v) is 9.03. The second-order valence-electron chi connectivity index (χ2n) is 3.90. The molecule has 3 heteroatoms. The highest BCUT2D eigenvalue weighted by molar-refractivity contribution is 7.11. The predicted octanol–water partition coefficient (Wildman–Crippen LogP) is 2.69.